The Balaban J connectivity index is 1.41. The molecule has 1 atom stereocenters. The van der Waals surface area contributed by atoms with Crippen LogP contribution < -0.4 is 0 Å². The van der Waals surface area contributed by atoms with Gasteiger partial charge in [-0.1, -0.05) is 12.8 Å². The van der Waals surface area contributed by atoms with Crippen LogP contribution in [0.1, 0.15) is 56.1 Å². The molecule has 3 heterocycles. The number of nitrogens with zero attached hydrogens (tertiary/aromatic N) is 5. The Bertz CT molecular complexity index is 619. The summed E-state index contributed by atoms with van der Waals surface area (Å²) in [6, 6.07) is 0. The Morgan fingerprint density at radius 3 is 2.62 bits per heavy atom. The van der Waals surface area contributed by atoms with Gasteiger partial charge in [0.15, 0.2) is 0 Å². The lowest BCUT2D eigenvalue weighted by molar-refractivity contribution is -0.136. The summed E-state index contributed by atoms with van der Waals surface area (Å²) in [7, 11) is 2.07. The van der Waals surface area contributed by atoms with Crippen LogP contribution in [-0.4, -0.2) is 69.9 Å². The van der Waals surface area contributed by atoms with E-state index in [-0.39, 0.29) is 5.92 Å². The molecule has 0 radical (unpaired) electrons. The maximum Gasteiger partial charge on any atom is 0.225 e. The first-order valence-electron chi connectivity index (χ1n) is 10.2. The molecule has 7 nitrogen and oxygen atoms in total. The number of ether oxygens (including phenoxy) is 1. The lowest BCUT2D eigenvalue weighted by atomic mass is 9.95. The first kappa shape index (κ1) is 17.9. The highest BCUT2D eigenvalue weighted by atomic mass is 16.5. The minimum atomic E-state index is 0.269. The van der Waals surface area contributed by atoms with Crippen LogP contribution in [-0.2, 0) is 23.1 Å². The number of aromatic nitrogens is 3. The number of piperidine rings is 1. The molecule has 0 spiro atoms. The van der Waals surface area contributed by atoms with Crippen LogP contribution in [0, 0.1) is 5.92 Å². The molecular formula is C19H31N5O2. The summed E-state index contributed by atoms with van der Waals surface area (Å²) >= 11 is 0. The van der Waals surface area contributed by atoms with Gasteiger partial charge < -0.3 is 14.2 Å². The number of morpholine rings is 1. The number of likely N-dealkylation sites (tertiary alicyclic amines) is 1. The highest BCUT2D eigenvalue weighted by molar-refractivity contribution is 5.79. The molecule has 4 rings (SSSR count). The normalized spacial score (nSPS) is 25.7. The molecule has 3 fully saturated rings. The Morgan fingerprint density at radius 1 is 1.08 bits per heavy atom. The van der Waals surface area contributed by atoms with Crippen molar-refractivity contribution < 1.29 is 9.53 Å². The second-order valence-electron chi connectivity index (χ2n) is 8.03. The van der Waals surface area contributed by atoms with Gasteiger partial charge >= 0.3 is 0 Å². The second kappa shape index (κ2) is 8.05. The van der Waals surface area contributed by atoms with Crippen LogP contribution >= 0.6 is 0 Å². The van der Waals surface area contributed by atoms with Crippen LogP contribution in [0.3, 0.4) is 0 Å². The predicted molar refractivity (Wildman–Crippen MR) is 97.6 cm³/mol. The molecule has 0 aromatic carbocycles. The van der Waals surface area contributed by atoms with Crippen LogP contribution in [0.5, 0.6) is 0 Å². The predicted octanol–water partition coefficient (Wildman–Crippen LogP) is 1.54. The summed E-state index contributed by atoms with van der Waals surface area (Å²) in [5.74, 6) is 3.01. The molecule has 1 saturated carbocycles. The largest absolute Gasteiger partial charge is 0.379 e. The van der Waals surface area contributed by atoms with Crippen molar-refractivity contribution in [1.82, 2.24) is 24.6 Å². The number of carbonyl (C=O) groups is 1. The quantitative estimate of drug-likeness (QED) is 0.814. The van der Waals surface area contributed by atoms with Crippen molar-refractivity contribution in [3.05, 3.63) is 11.6 Å². The van der Waals surface area contributed by atoms with Crippen LogP contribution in [0.25, 0.3) is 0 Å². The van der Waals surface area contributed by atoms with Crippen molar-refractivity contribution in [3.8, 4) is 0 Å². The maximum atomic E-state index is 12.8. The first-order chi connectivity index (χ1) is 12.7. The summed E-state index contributed by atoms with van der Waals surface area (Å²) in [6.07, 6.45) is 6.73. The van der Waals surface area contributed by atoms with E-state index in [0.717, 1.165) is 83.3 Å². The third-order valence-electron chi connectivity index (χ3n) is 6.27. The lowest BCUT2D eigenvalue weighted by Gasteiger charge is -2.34. The third kappa shape index (κ3) is 3.78. The van der Waals surface area contributed by atoms with Gasteiger partial charge in [0.25, 0.3) is 0 Å². The number of hydrogen-bond acceptors (Lipinski definition) is 5. The van der Waals surface area contributed by atoms with Crippen molar-refractivity contribution in [2.24, 2.45) is 13.0 Å². The number of hydrogen-bond donors (Lipinski definition) is 0. The van der Waals surface area contributed by atoms with E-state index in [1.807, 2.05) is 0 Å². The van der Waals surface area contributed by atoms with Gasteiger partial charge in [-0.15, -0.1) is 10.2 Å². The molecule has 1 amide bonds. The van der Waals surface area contributed by atoms with Crippen molar-refractivity contribution in [2.45, 2.75) is 51.0 Å². The van der Waals surface area contributed by atoms with E-state index in [9.17, 15) is 4.79 Å². The maximum absolute atomic E-state index is 12.8. The van der Waals surface area contributed by atoms with Crippen LogP contribution in [0.15, 0.2) is 0 Å². The van der Waals surface area contributed by atoms with Crippen molar-refractivity contribution in [3.63, 3.8) is 0 Å². The van der Waals surface area contributed by atoms with Crippen LogP contribution in [0.2, 0.25) is 0 Å². The van der Waals surface area contributed by atoms with E-state index in [1.165, 1.54) is 12.8 Å². The van der Waals surface area contributed by atoms with Crippen LogP contribution in [0.4, 0.5) is 0 Å². The van der Waals surface area contributed by atoms with Gasteiger partial charge in [0, 0.05) is 45.1 Å². The average Bonchev–Trinajstić information content (AvgIpc) is 3.33. The van der Waals surface area contributed by atoms with Gasteiger partial charge in [-0.3, -0.25) is 9.69 Å². The summed E-state index contributed by atoms with van der Waals surface area (Å²) in [5, 5.41) is 8.97. The Kier molecular flexibility index (Phi) is 5.55. The Hall–Kier alpha value is -1.47. The summed E-state index contributed by atoms with van der Waals surface area (Å²) in [4.78, 5) is 17.3. The standard InChI is InChI=1S/C19H31N5O2/c1-22-17(14-23-9-11-26-12-10-23)20-21-18(22)16-7-4-8-24(13-16)19(25)15-5-2-3-6-15/h15-16H,2-14H2,1H3/t16-/m0/s1. The van der Waals surface area contributed by atoms with E-state index in [0.29, 0.717) is 11.8 Å². The van der Waals surface area contributed by atoms with Crippen molar-refractivity contribution in [1.29, 1.82) is 0 Å². The van der Waals surface area contributed by atoms with Gasteiger partial charge in [0.2, 0.25) is 5.91 Å². The Morgan fingerprint density at radius 2 is 1.85 bits per heavy atom. The number of carbonyl (C=O) groups excluding carboxylic acids is 1. The van der Waals surface area contributed by atoms with Crippen molar-refractivity contribution in [2.75, 3.05) is 39.4 Å². The zero-order valence-corrected chi connectivity index (χ0v) is 15.9. The molecule has 2 saturated heterocycles. The second-order valence-corrected chi connectivity index (χ2v) is 8.03. The molecule has 144 valence electrons. The number of rotatable bonds is 4. The van der Waals surface area contributed by atoms with E-state index >= 15 is 0 Å². The molecular weight excluding hydrogens is 330 g/mol. The number of amides is 1. The summed E-state index contributed by atoms with van der Waals surface area (Å²) in [6.45, 7) is 6.04. The molecule has 1 aliphatic carbocycles. The fourth-order valence-electron chi connectivity index (χ4n) is 4.65. The zero-order valence-electron chi connectivity index (χ0n) is 15.9. The fourth-order valence-corrected chi connectivity index (χ4v) is 4.65. The Labute approximate surface area is 155 Å². The smallest absolute Gasteiger partial charge is 0.225 e. The van der Waals surface area contributed by atoms with E-state index < -0.39 is 0 Å². The highest BCUT2D eigenvalue weighted by Crippen LogP contribution is 2.31. The molecule has 26 heavy (non-hydrogen) atoms. The van der Waals surface area contributed by atoms with E-state index in [4.69, 9.17) is 4.74 Å². The third-order valence-corrected chi connectivity index (χ3v) is 6.27. The SMILES string of the molecule is Cn1c(CN2CCOCC2)nnc1[C@H]1CCCN(C(=O)C2CCCC2)C1. The zero-order chi connectivity index (χ0) is 17.9. The molecule has 0 bridgehead atoms. The van der Waals surface area contributed by atoms with E-state index in [1.54, 1.807) is 0 Å². The van der Waals surface area contributed by atoms with Gasteiger partial charge in [-0.25, -0.2) is 0 Å². The monoisotopic (exact) mass is 361 g/mol. The van der Waals surface area contributed by atoms with Gasteiger partial charge in [-0.05, 0) is 25.7 Å². The van der Waals surface area contributed by atoms with Gasteiger partial charge in [-0.2, -0.15) is 0 Å². The average molecular weight is 361 g/mol. The summed E-state index contributed by atoms with van der Waals surface area (Å²) in [5.41, 5.74) is 0. The molecule has 1 aromatic heterocycles. The first-order valence-corrected chi connectivity index (χ1v) is 10.2. The lowest BCUT2D eigenvalue weighted by Crippen LogP contribution is -2.42. The minimum absolute atomic E-state index is 0.269. The molecule has 1 aromatic rings. The topological polar surface area (TPSA) is 63.5 Å². The highest BCUT2D eigenvalue weighted by Gasteiger charge is 2.32. The van der Waals surface area contributed by atoms with Crippen molar-refractivity contribution >= 4 is 5.91 Å². The van der Waals surface area contributed by atoms with Gasteiger partial charge in [0.1, 0.15) is 11.6 Å². The molecule has 0 N–H and O–H groups in total. The fraction of sp³-hybridized carbons (Fsp3) is 0.842. The van der Waals surface area contributed by atoms with Gasteiger partial charge in [0.05, 0.1) is 19.8 Å². The molecule has 0 unspecified atom stereocenters. The molecule has 7 heteroatoms. The molecule has 3 aliphatic rings. The summed E-state index contributed by atoms with van der Waals surface area (Å²) < 4.78 is 7.58. The minimum Gasteiger partial charge on any atom is -0.379 e. The van der Waals surface area contributed by atoms with E-state index in [2.05, 4.69) is 31.6 Å². The molecule has 2 aliphatic heterocycles.